The van der Waals surface area contributed by atoms with Crippen molar-refractivity contribution < 1.29 is 14.6 Å². The third-order valence-electron chi connectivity index (χ3n) is 3.86. The largest absolute Gasteiger partial charge is 0.493 e. The quantitative estimate of drug-likeness (QED) is 0.794. The van der Waals surface area contributed by atoms with Gasteiger partial charge in [-0.3, -0.25) is 0 Å². The Labute approximate surface area is 135 Å². The maximum Gasteiger partial charge on any atom is 0.175 e. The van der Waals surface area contributed by atoms with E-state index in [9.17, 15) is 5.11 Å². The zero-order chi connectivity index (χ0) is 15.2. The van der Waals surface area contributed by atoms with Crippen molar-refractivity contribution in [2.75, 3.05) is 14.2 Å². The average Bonchev–Trinajstić information content (AvgIpc) is 2.66. The lowest BCUT2D eigenvalue weighted by Crippen LogP contribution is -2.30. The van der Waals surface area contributed by atoms with Crippen molar-refractivity contribution in [3.63, 3.8) is 0 Å². The zero-order valence-electron chi connectivity index (χ0n) is 12.7. The Bertz CT molecular complexity index is 467. The van der Waals surface area contributed by atoms with Crippen LogP contribution in [0.2, 0.25) is 0 Å². The number of ether oxygens (including phenoxy) is 2. The van der Waals surface area contributed by atoms with E-state index in [0.29, 0.717) is 11.5 Å². The number of hydrogen-bond acceptors (Lipinski definition) is 4. The molecule has 0 amide bonds. The zero-order valence-corrected chi connectivity index (χ0v) is 14.3. The van der Waals surface area contributed by atoms with E-state index in [2.05, 4.69) is 21.2 Å². The van der Waals surface area contributed by atoms with E-state index in [1.807, 2.05) is 19.2 Å². The van der Waals surface area contributed by atoms with Gasteiger partial charge in [0.15, 0.2) is 11.5 Å². The van der Waals surface area contributed by atoms with Crippen LogP contribution in [-0.4, -0.2) is 31.5 Å². The number of nitrogens with one attached hydrogen (secondary N) is 1. The molecule has 1 aromatic rings. The minimum atomic E-state index is -0.402. The molecule has 0 radical (unpaired) electrons. The van der Waals surface area contributed by atoms with E-state index in [1.54, 1.807) is 7.11 Å². The molecule has 1 aliphatic rings. The topological polar surface area (TPSA) is 50.7 Å². The van der Waals surface area contributed by atoms with Gasteiger partial charge in [0, 0.05) is 6.54 Å². The SMILES string of the molecule is CNCc1cc(Br)c(OC2CCCCCC2O)c(OC)c1. The summed E-state index contributed by atoms with van der Waals surface area (Å²) in [6.45, 7) is 0.765. The molecule has 1 saturated carbocycles. The Kier molecular flexibility index (Phi) is 6.33. The van der Waals surface area contributed by atoms with Gasteiger partial charge in [-0.2, -0.15) is 0 Å². The fourth-order valence-corrected chi connectivity index (χ4v) is 3.32. The smallest absolute Gasteiger partial charge is 0.175 e. The highest BCUT2D eigenvalue weighted by Gasteiger charge is 2.25. The second-order valence-corrected chi connectivity index (χ2v) is 6.36. The lowest BCUT2D eigenvalue weighted by atomic mass is 10.1. The molecule has 0 aromatic heterocycles. The Balaban J connectivity index is 2.21. The summed E-state index contributed by atoms with van der Waals surface area (Å²) in [5.74, 6) is 1.38. The molecule has 1 aliphatic carbocycles. The van der Waals surface area contributed by atoms with Gasteiger partial charge in [0.2, 0.25) is 0 Å². The molecule has 0 bridgehead atoms. The molecule has 1 aromatic carbocycles. The van der Waals surface area contributed by atoms with E-state index < -0.39 is 6.10 Å². The molecule has 0 aliphatic heterocycles. The molecule has 0 saturated heterocycles. The normalized spacial score (nSPS) is 22.7. The summed E-state index contributed by atoms with van der Waals surface area (Å²) in [5.41, 5.74) is 1.12. The minimum Gasteiger partial charge on any atom is -0.493 e. The lowest BCUT2D eigenvalue weighted by molar-refractivity contribution is 0.0300. The van der Waals surface area contributed by atoms with Crippen LogP contribution in [0.15, 0.2) is 16.6 Å². The third kappa shape index (κ3) is 4.34. The van der Waals surface area contributed by atoms with Crippen molar-refractivity contribution in [2.45, 2.75) is 50.9 Å². The van der Waals surface area contributed by atoms with Crippen molar-refractivity contribution >= 4 is 15.9 Å². The molecule has 118 valence electrons. The first kappa shape index (κ1) is 16.6. The van der Waals surface area contributed by atoms with E-state index in [1.165, 1.54) is 0 Å². The van der Waals surface area contributed by atoms with Gasteiger partial charge in [-0.25, -0.2) is 0 Å². The number of halogens is 1. The second-order valence-electron chi connectivity index (χ2n) is 5.50. The van der Waals surface area contributed by atoms with E-state index in [4.69, 9.17) is 9.47 Å². The molecule has 21 heavy (non-hydrogen) atoms. The minimum absolute atomic E-state index is 0.159. The molecule has 5 heteroatoms. The highest BCUT2D eigenvalue weighted by Crippen LogP contribution is 2.38. The van der Waals surface area contributed by atoms with Gasteiger partial charge in [0.25, 0.3) is 0 Å². The Morgan fingerprint density at radius 1 is 1.29 bits per heavy atom. The van der Waals surface area contributed by atoms with Crippen LogP contribution < -0.4 is 14.8 Å². The van der Waals surface area contributed by atoms with Crippen LogP contribution in [0.3, 0.4) is 0 Å². The van der Waals surface area contributed by atoms with Crippen LogP contribution in [0.4, 0.5) is 0 Å². The van der Waals surface area contributed by atoms with Crippen molar-refractivity contribution in [3.8, 4) is 11.5 Å². The van der Waals surface area contributed by atoms with E-state index in [0.717, 1.165) is 48.7 Å². The number of benzene rings is 1. The number of aliphatic hydroxyl groups is 1. The second kappa shape index (κ2) is 8.01. The first-order valence-corrected chi connectivity index (χ1v) is 8.30. The van der Waals surface area contributed by atoms with Crippen molar-refractivity contribution in [1.82, 2.24) is 5.32 Å². The Morgan fingerprint density at radius 3 is 2.76 bits per heavy atom. The Morgan fingerprint density at radius 2 is 2.05 bits per heavy atom. The van der Waals surface area contributed by atoms with Gasteiger partial charge in [0.05, 0.1) is 17.7 Å². The number of aliphatic hydroxyl groups excluding tert-OH is 1. The predicted molar refractivity (Wildman–Crippen MR) is 87.0 cm³/mol. The van der Waals surface area contributed by atoms with Crippen molar-refractivity contribution in [1.29, 1.82) is 0 Å². The first-order valence-electron chi connectivity index (χ1n) is 7.51. The van der Waals surface area contributed by atoms with Gasteiger partial charge in [-0.05, 0) is 59.9 Å². The summed E-state index contributed by atoms with van der Waals surface area (Å²) in [6.07, 6.45) is 4.46. The van der Waals surface area contributed by atoms with Gasteiger partial charge in [-0.15, -0.1) is 0 Å². The molecular formula is C16H24BrNO3. The van der Waals surface area contributed by atoms with E-state index >= 15 is 0 Å². The van der Waals surface area contributed by atoms with Crippen LogP contribution >= 0.6 is 15.9 Å². The lowest BCUT2D eigenvalue weighted by Gasteiger charge is -2.24. The number of hydrogen-bond donors (Lipinski definition) is 2. The van der Waals surface area contributed by atoms with Crippen molar-refractivity contribution in [2.24, 2.45) is 0 Å². The van der Waals surface area contributed by atoms with Gasteiger partial charge in [0.1, 0.15) is 6.10 Å². The summed E-state index contributed by atoms with van der Waals surface area (Å²) >= 11 is 3.56. The highest BCUT2D eigenvalue weighted by atomic mass is 79.9. The maximum atomic E-state index is 10.2. The van der Waals surface area contributed by atoms with Crippen molar-refractivity contribution in [3.05, 3.63) is 22.2 Å². The maximum absolute atomic E-state index is 10.2. The molecule has 4 nitrogen and oxygen atoms in total. The summed E-state index contributed by atoms with van der Waals surface area (Å²) in [4.78, 5) is 0. The molecule has 0 spiro atoms. The molecular weight excluding hydrogens is 334 g/mol. The van der Waals surface area contributed by atoms with Gasteiger partial charge >= 0.3 is 0 Å². The van der Waals surface area contributed by atoms with Gasteiger partial charge in [-0.1, -0.05) is 12.8 Å². The number of rotatable bonds is 5. The summed E-state index contributed by atoms with van der Waals surface area (Å²) in [6, 6.07) is 4.00. The predicted octanol–water partition coefficient (Wildman–Crippen LogP) is 3.25. The fourth-order valence-electron chi connectivity index (χ4n) is 2.74. The summed E-state index contributed by atoms with van der Waals surface area (Å²) < 4.78 is 12.4. The standard InChI is InChI=1S/C16H24BrNO3/c1-18-10-11-8-12(17)16(15(9-11)20-2)21-14-7-5-3-4-6-13(14)19/h8-9,13-14,18-19H,3-7,10H2,1-2H3. The highest BCUT2D eigenvalue weighted by molar-refractivity contribution is 9.10. The molecule has 1 fully saturated rings. The first-order chi connectivity index (χ1) is 10.2. The molecule has 2 atom stereocenters. The average molecular weight is 358 g/mol. The van der Waals surface area contributed by atoms with Crippen LogP contribution in [-0.2, 0) is 6.54 Å². The molecule has 2 N–H and O–H groups in total. The fraction of sp³-hybridized carbons (Fsp3) is 0.625. The molecule has 2 unspecified atom stereocenters. The summed E-state index contributed by atoms with van der Waals surface area (Å²) in [5, 5.41) is 13.3. The van der Waals surface area contributed by atoms with Crippen LogP contribution in [0, 0.1) is 0 Å². The summed E-state index contributed by atoms with van der Waals surface area (Å²) in [7, 11) is 3.55. The van der Waals surface area contributed by atoms with E-state index in [-0.39, 0.29) is 6.10 Å². The number of methoxy groups -OCH3 is 1. The monoisotopic (exact) mass is 357 g/mol. The van der Waals surface area contributed by atoms with Crippen LogP contribution in [0.1, 0.15) is 37.7 Å². The Hall–Kier alpha value is -0.780. The van der Waals surface area contributed by atoms with Crippen LogP contribution in [0.25, 0.3) is 0 Å². The molecule has 0 heterocycles. The van der Waals surface area contributed by atoms with Gasteiger partial charge < -0.3 is 19.9 Å². The molecule has 2 rings (SSSR count). The third-order valence-corrected chi connectivity index (χ3v) is 4.45. The van der Waals surface area contributed by atoms with Crippen LogP contribution in [0.5, 0.6) is 11.5 Å².